The van der Waals surface area contributed by atoms with E-state index in [4.69, 9.17) is 4.74 Å². The Morgan fingerprint density at radius 2 is 1.92 bits per heavy atom. The standard InChI is InChI=1S/C19H20N2O2S2/c1-4-21-18(22)17(12-16-11-6-13(3)24-16)25-19(21)20-14-7-9-15(10-8-14)23-5-2/h6-12H,4-5H2,1-3H3/b17-12+,20-19?. The lowest BCUT2D eigenvalue weighted by Crippen LogP contribution is -2.28. The van der Waals surface area contributed by atoms with Crippen LogP contribution in [0.4, 0.5) is 5.69 Å². The van der Waals surface area contributed by atoms with Gasteiger partial charge < -0.3 is 4.74 Å². The summed E-state index contributed by atoms with van der Waals surface area (Å²) in [6.07, 6.45) is 1.95. The van der Waals surface area contributed by atoms with Crippen LogP contribution in [0.25, 0.3) is 6.08 Å². The Kier molecular flexibility index (Phi) is 5.60. The third-order valence-corrected chi connectivity index (χ3v) is 5.57. The zero-order valence-corrected chi connectivity index (χ0v) is 16.1. The molecule has 1 aromatic carbocycles. The zero-order valence-electron chi connectivity index (χ0n) is 14.5. The number of thiophene rings is 1. The van der Waals surface area contributed by atoms with Crippen LogP contribution in [0.2, 0.25) is 0 Å². The number of carbonyl (C=O) groups is 1. The molecule has 2 aromatic rings. The van der Waals surface area contributed by atoms with E-state index >= 15 is 0 Å². The van der Waals surface area contributed by atoms with Crippen LogP contribution in [0.1, 0.15) is 23.6 Å². The topological polar surface area (TPSA) is 41.9 Å². The lowest BCUT2D eigenvalue weighted by atomic mass is 10.3. The predicted molar refractivity (Wildman–Crippen MR) is 107 cm³/mol. The summed E-state index contributed by atoms with van der Waals surface area (Å²) in [6.45, 7) is 7.22. The maximum Gasteiger partial charge on any atom is 0.266 e. The van der Waals surface area contributed by atoms with E-state index < -0.39 is 0 Å². The van der Waals surface area contributed by atoms with Crippen LogP contribution in [0.15, 0.2) is 46.3 Å². The van der Waals surface area contributed by atoms with Crippen molar-refractivity contribution in [3.8, 4) is 5.75 Å². The second kappa shape index (κ2) is 7.89. The Labute approximate surface area is 156 Å². The Balaban J connectivity index is 1.85. The van der Waals surface area contributed by atoms with Gasteiger partial charge in [0.25, 0.3) is 5.91 Å². The van der Waals surface area contributed by atoms with E-state index in [0.717, 1.165) is 21.5 Å². The van der Waals surface area contributed by atoms with Crippen molar-refractivity contribution in [2.24, 2.45) is 4.99 Å². The van der Waals surface area contributed by atoms with E-state index in [0.29, 0.717) is 18.1 Å². The normalized spacial score (nSPS) is 17.7. The summed E-state index contributed by atoms with van der Waals surface area (Å²) in [4.78, 5) is 22.0. The second-order valence-corrected chi connectivity index (χ2v) is 7.76. The third-order valence-electron chi connectivity index (χ3n) is 3.61. The fourth-order valence-electron chi connectivity index (χ4n) is 2.42. The number of ether oxygens (including phenoxy) is 1. The fourth-order valence-corrected chi connectivity index (χ4v) is 4.37. The number of thioether (sulfide) groups is 1. The van der Waals surface area contributed by atoms with E-state index in [2.05, 4.69) is 18.0 Å². The molecule has 0 spiro atoms. The molecule has 0 unspecified atom stereocenters. The highest BCUT2D eigenvalue weighted by Gasteiger charge is 2.32. The van der Waals surface area contributed by atoms with E-state index in [1.54, 1.807) is 16.2 Å². The maximum atomic E-state index is 12.6. The molecule has 1 saturated heterocycles. The predicted octanol–water partition coefficient (Wildman–Crippen LogP) is 5.08. The van der Waals surface area contributed by atoms with Gasteiger partial charge in [0.05, 0.1) is 17.2 Å². The van der Waals surface area contributed by atoms with Gasteiger partial charge in [-0.3, -0.25) is 9.69 Å². The number of benzene rings is 1. The van der Waals surface area contributed by atoms with Crippen LogP contribution < -0.4 is 4.74 Å². The van der Waals surface area contributed by atoms with E-state index in [1.165, 1.54) is 16.6 Å². The smallest absolute Gasteiger partial charge is 0.266 e. The molecule has 0 aliphatic carbocycles. The first-order valence-corrected chi connectivity index (χ1v) is 9.83. The number of amidine groups is 1. The van der Waals surface area contributed by atoms with Crippen molar-refractivity contribution in [1.82, 2.24) is 4.90 Å². The average molecular weight is 373 g/mol. The summed E-state index contributed by atoms with van der Waals surface area (Å²) in [6, 6.07) is 11.7. The van der Waals surface area contributed by atoms with Crippen molar-refractivity contribution in [2.45, 2.75) is 20.8 Å². The van der Waals surface area contributed by atoms with Gasteiger partial charge in [0.1, 0.15) is 5.75 Å². The number of rotatable bonds is 5. The highest BCUT2D eigenvalue weighted by atomic mass is 32.2. The van der Waals surface area contributed by atoms with Crippen molar-refractivity contribution in [3.63, 3.8) is 0 Å². The van der Waals surface area contributed by atoms with E-state index in [-0.39, 0.29) is 5.91 Å². The quantitative estimate of drug-likeness (QED) is 0.687. The summed E-state index contributed by atoms with van der Waals surface area (Å²) in [5.74, 6) is 0.839. The van der Waals surface area contributed by atoms with E-state index in [1.807, 2.05) is 50.3 Å². The zero-order chi connectivity index (χ0) is 17.8. The molecule has 2 heterocycles. The largest absolute Gasteiger partial charge is 0.494 e. The van der Waals surface area contributed by atoms with Gasteiger partial charge in [-0.05, 0) is 75.0 Å². The van der Waals surface area contributed by atoms with Crippen LogP contribution in [0, 0.1) is 6.92 Å². The van der Waals surface area contributed by atoms with Crippen molar-refractivity contribution in [2.75, 3.05) is 13.2 Å². The lowest BCUT2D eigenvalue weighted by molar-refractivity contribution is -0.122. The molecule has 0 saturated carbocycles. The molecule has 1 aliphatic heterocycles. The van der Waals surface area contributed by atoms with Gasteiger partial charge in [0, 0.05) is 16.3 Å². The molecule has 4 nitrogen and oxygen atoms in total. The number of carbonyl (C=O) groups excluding carboxylic acids is 1. The van der Waals surface area contributed by atoms with Crippen LogP contribution in [0.5, 0.6) is 5.75 Å². The molecule has 0 atom stereocenters. The van der Waals surface area contributed by atoms with Crippen LogP contribution in [-0.2, 0) is 4.79 Å². The number of likely N-dealkylation sites (N-methyl/N-ethyl adjacent to an activating group) is 1. The minimum atomic E-state index is 0.0169. The molecule has 1 amide bonds. The number of hydrogen-bond acceptors (Lipinski definition) is 5. The Morgan fingerprint density at radius 3 is 2.52 bits per heavy atom. The highest BCUT2D eigenvalue weighted by molar-refractivity contribution is 8.18. The van der Waals surface area contributed by atoms with Gasteiger partial charge in [0.15, 0.2) is 5.17 Å². The molecule has 0 radical (unpaired) electrons. The van der Waals surface area contributed by atoms with Gasteiger partial charge in [0.2, 0.25) is 0 Å². The fraction of sp³-hybridized carbons (Fsp3) is 0.263. The third kappa shape index (κ3) is 4.14. The first-order valence-electron chi connectivity index (χ1n) is 8.20. The molecule has 1 fully saturated rings. The molecule has 0 bridgehead atoms. The second-order valence-electron chi connectivity index (χ2n) is 5.43. The minimum Gasteiger partial charge on any atom is -0.494 e. The summed E-state index contributed by atoms with van der Waals surface area (Å²) in [5.41, 5.74) is 0.811. The molecule has 1 aliphatic rings. The van der Waals surface area contributed by atoms with Crippen molar-refractivity contribution in [3.05, 3.63) is 51.1 Å². The van der Waals surface area contributed by atoms with Gasteiger partial charge >= 0.3 is 0 Å². The van der Waals surface area contributed by atoms with Gasteiger partial charge in [-0.1, -0.05) is 0 Å². The molecule has 1 aromatic heterocycles. The summed E-state index contributed by atoms with van der Waals surface area (Å²) >= 11 is 3.11. The first-order chi connectivity index (χ1) is 12.1. The first kappa shape index (κ1) is 17.8. The van der Waals surface area contributed by atoms with Crippen molar-refractivity contribution < 1.29 is 9.53 Å². The van der Waals surface area contributed by atoms with Gasteiger partial charge in [-0.15, -0.1) is 11.3 Å². The number of aryl methyl sites for hydroxylation is 1. The molecule has 6 heteroatoms. The van der Waals surface area contributed by atoms with Crippen molar-refractivity contribution >= 4 is 45.9 Å². The molecular weight excluding hydrogens is 352 g/mol. The Morgan fingerprint density at radius 1 is 1.16 bits per heavy atom. The monoisotopic (exact) mass is 372 g/mol. The molecule has 0 N–H and O–H groups in total. The van der Waals surface area contributed by atoms with Gasteiger partial charge in [-0.2, -0.15) is 0 Å². The summed E-state index contributed by atoms with van der Waals surface area (Å²) in [5, 5.41) is 0.719. The van der Waals surface area contributed by atoms with Crippen LogP contribution in [-0.4, -0.2) is 29.1 Å². The number of hydrogen-bond donors (Lipinski definition) is 0. The highest BCUT2D eigenvalue weighted by Crippen LogP contribution is 2.35. The molecule has 25 heavy (non-hydrogen) atoms. The molecule has 130 valence electrons. The Bertz CT molecular complexity index is 822. The molecular formula is C19H20N2O2S2. The average Bonchev–Trinajstić information content (AvgIpc) is 3.13. The number of amides is 1. The maximum absolute atomic E-state index is 12.6. The number of aliphatic imine (C=N–C) groups is 1. The summed E-state index contributed by atoms with van der Waals surface area (Å²) in [7, 11) is 0. The van der Waals surface area contributed by atoms with Crippen LogP contribution >= 0.6 is 23.1 Å². The summed E-state index contributed by atoms with van der Waals surface area (Å²) < 4.78 is 5.45. The molecule has 3 rings (SSSR count). The Hall–Kier alpha value is -2.05. The van der Waals surface area contributed by atoms with Crippen molar-refractivity contribution in [1.29, 1.82) is 0 Å². The lowest BCUT2D eigenvalue weighted by Gasteiger charge is -2.12. The SMILES string of the molecule is CCOc1ccc(N=C2S/C(=C/c3ccc(C)s3)C(=O)N2CC)cc1. The van der Waals surface area contributed by atoms with Gasteiger partial charge in [-0.25, -0.2) is 4.99 Å². The number of nitrogens with zero attached hydrogens (tertiary/aromatic N) is 2. The van der Waals surface area contributed by atoms with Crippen LogP contribution in [0.3, 0.4) is 0 Å². The minimum absolute atomic E-state index is 0.0169. The van der Waals surface area contributed by atoms with E-state index in [9.17, 15) is 4.79 Å².